The van der Waals surface area contributed by atoms with Gasteiger partial charge in [-0.15, -0.1) is 0 Å². The minimum Gasteiger partial charge on any atom is -0.352 e. The molecule has 0 aromatic heterocycles. The van der Waals surface area contributed by atoms with Gasteiger partial charge in [-0.2, -0.15) is 0 Å². The van der Waals surface area contributed by atoms with Crippen molar-refractivity contribution in [2.24, 2.45) is 11.5 Å². The monoisotopic (exact) mass is 117 g/mol. The van der Waals surface area contributed by atoms with Gasteiger partial charge in [0.1, 0.15) is 0 Å². The summed E-state index contributed by atoms with van der Waals surface area (Å²) in [6.07, 6.45) is 0. The van der Waals surface area contributed by atoms with Gasteiger partial charge in [-0.1, -0.05) is 0 Å². The van der Waals surface area contributed by atoms with Crippen molar-refractivity contribution in [3.63, 3.8) is 0 Å². The van der Waals surface area contributed by atoms with Crippen LogP contribution in [0.2, 0.25) is 0 Å². The molecule has 8 heavy (non-hydrogen) atoms. The predicted octanol–water partition coefficient (Wildman–Crippen LogP) is -0.998. The minimum atomic E-state index is -0.526. The maximum Gasteiger partial charge on any atom is 0.312 e. The number of hydrogen-bond acceptors (Lipinski definition) is 2. The molecule has 0 aromatic carbocycles. The largest absolute Gasteiger partial charge is 0.352 e. The third kappa shape index (κ3) is 5.23. The number of nitrogens with one attached hydrogen (secondary N) is 1. The summed E-state index contributed by atoms with van der Waals surface area (Å²) >= 11 is 0. The van der Waals surface area contributed by atoms with Crippen molar-refractivity contribution in [1.29, 1.82) is 0 Å². The summed E-state index contributed by atoms with van der Waals surface area (Å²) in [7, 11) is 0. The average molecular weight is 117 g/mol. The second-order valence-electron chi connectivity index (χ2n) is 1.72. The fraction of sp³-hybridized carbons (Fsp3) is 0.750. The SMILES string of the molecule is C[C@@H](N)CNC(N)=O. The van der Waals surface area contributed by atoms with E-state index in [0.717, 1.165) is 0 Å². The molecular weight excluding hydrogens is 106 g/mol. The first-order chi connectivity index (χ1) is 3.63. The van der Waals surface area contributed by atoms with Crippen LogP contribution in [0.4, 0.5) is 4.79 Å². The van der Waals surface area contributed by atoms with Crippen molar-refractivity contribution in [2.75, 3.05) is 6.54 Å². The molecule has 5 N–H and O–H groups in total. The van der Waals surface area contributed by atoms with Crippen LogP contribution < -0.4 is 16.8 Å². The predicted molar refractivity (Wildman–Crippen MR) is 31.2 cm³/mol. The van der Waals surface area contributed by atoms with Crippen molar-refractivity contribution in [3.05, 3.63) is 0 Å². The Kier molecular flexibility index (Phi) is 2.95. The van der Waals surface area contributed by atoms with E-state index in [1.807, 2.05) is 0 Å². The standard InChI is InChI=1S/C4H11N3O/c1-3(5)2-7-4(6)8/h3H,2,5H2,1H3,(H3,6,7,8)/t3-/m1/s1. The summed E-state index contributed by atoms with van der Waals surface area (Å²) < 4.78 is 0. The molecule has 0 heterocycles. The maximum absolute atomic E-state index is 9.96. The van der Waals surface area contributed by atoms with E-state index in [4.69, 9.17) is 11.5 Å². The van der Waals surface area contributed by atoms with E-state index in [9.17, 15) is 4.79 Å². The van der Waals surface area contributed by atoms with Gasteiger partial charge in [0.2, 0.25) is 0 Å². The Morgan fingerprint density at radius 2 is 2.38 bits per heavy atom. The lowest BCUT2D eigenvalue weighted by Gasteiger charge is -2.02. The number of carbonyl (C=O) groups excluding carboxylic acids is 1. The lowest BCUT2D eigenvalue weighted by atomic mass is 10.4. The van der Waals surface area contributed by atoms with E-state index >= 15 is 0 Å². The first-order valence-electron chi connectivity index (χ1n) is 2.42. The van der Waals surface area contributed by atoms with Crippen LogP contribution in [-0.4, -0.2) is 18.6 Å². The first-order valence-corrected chi connectivity index (χ1v) is 2.42. The van der Waals surface area contributed by atoms with Gasteiger partial charge in [0.15, 0.2) is 0 Å². The minimum absolute atomic E-state index is 0.0255. The second kappa shape index (κ2) is 3.26. The van der Waals surface area contributed by atoms with Crippen molar-refractivity contribution in [3.8, 4) is 0 Å². The molecule has 0 saturated heterocycles. The highest BCUT2D eigenvalue weighted by Gasteiger charge is 1.93. The highest BCUT2D eigenvalue weighted by atomic mass is 16.2. The number of hydrogen-bond donors (Lipinski definition) is 3. The molecule has 0 rings (SSSR count). The van der Waals surface area contributed by atoms with Crippen molar-refractivity contribution >= 4 is 6.03 Å². The number of nitrogens with two attached hydrogens (primary N) is 2. The quantitative estimate of drug-likeness (QED) is 0.433. The molecule has 2 amide bonds. The summed E-state index contributed by atoms with van der Waals surface area (Å²) in [6, 6.07) is -0.551. The molecule has 0 aliphatic carbocycles. The molecule has 0 aliphatic heterocycles. The molecular formula is C4H11N3O. The van der Waals surface area contributed by atoms with E-state index in [0.29, 0.717) is 6.54 Å². The molecule has 0 bridgehead atoms. The van der Waals surface area contributed by atoms with Crippen LogP contribution in [0.15, 0.2) is 0 Å². The average Bonchev–Trinajstić information content (AvgIpc) is 1.61. The normalized spacial score (nSPS) is 12.8. The van der Waals surface area contributed by atoms with Gasteiger partial charge < -0.3 is 16.8 Å². The van der Waals surface area contributed by atoms with Gasteiger partial charge in [-0.05, 0) is 6.92 Å². The fourth-order valence-corrected chi connectivity index (χ4v) is 0.262. The molecule has 4 nitrogen and oxygen atoms in total. The summed E-state index contributed by atoms with van der Waals surface area (Å²) in [5.41, 5.74) is 10.0. The van der Waals surface area contributed by atoms with Gasteiger partial charge in [0, 0.05) is 12.6 Å². The van der Waals surface area contributed by atoms with Crippen LogP contribution in [0.25, 0.3) is 0 Å². The zero-order chi connectivity index (χ0) is 6.57. The molecule has 0 fully saturated rings. The van der Waals surface area contributed by atoms with Crippen molar-refractivity contribution < 1.29 is 4.79 Å². The lowest BCUT2D eigenvalue weighted by molar-refractivity contribution is 0.248. The number of urea groups is 1. The molecule has 0 saturated carbocycles. The molecule has 0 spiro atoms. The Hall–Kier alpha value is -0.770. The van der Waals surface area contributed by atoms with E-state index < -0.39 is 6.03 Å². The topological polar surface area (TPSA) is 81.1 Å². The fourth-order valence-electron chi connectivity index (χ4n) is 0.262. The van der Waals surface area contributed by atoms with Crippen molar-refractivity contribution in [1.82, 2.24) is 5.32 Å². The van der Waals surface area contributed by atoms with E-state index in [1.165, 1.54) is 0 Å². The van der Waals surface area contributed by atoms with Gasteiger partial charge in [-0.25, -0.2) is 4.79 Å². The van der Waals surface area contributed by atoms with Crippen molar-refractivity contribution in [2.45, 2.75) is 13.0 Å². The van der Waals surface area contributed by atoms with Crippen LogP contribution in [0.5, 0.6) is 0 Å². The van der Waals surface area contributed by atoms with Gasteiger partial charge in [0.25, 0.3) is 0 Å². The number of rotatable bonds is 2. The van der Waals surface area contributed by atoms with Crippen LogP contribution >= 0.6 is 0 Å². The lowest BCUT2D eigenvalue weighted by Crippen LogP contribution is -2.38. The maximum atomic E-state index is 9.96. The van der Waals surface area contributed by atoms with Crippen LogP contribution in [0.3, 0.4) is 0 Å². The van der Waals surface area contributed by atoms with Gasteiger partial charge >= 0.3 is 6.03 Å². The molecule has 48 valence electrons. The summed E-state index contributed by atoms with van der Waals surface area (Å²) in [6.45, 7) is 2.23. The highest BCUT2D eigenvalue weighted by Crippen LogP contribution is 1.67. The third-order valence-corrected chi connectivity index (χ3v) is 0.598. The van der Waals surface area contributed by atoms with E-state index in [1.54, 1.807) is 6.92 Å². The number of primary amides is 1. The Bertz CT molecular complexity index is 81.4. The summed E-state index contributed by atoms with van der Waals surface area (Å²) in [4.78, 5) is 9.96. The Morgan fingerprint density at radius 3 is 2.50 bits per heavy atom. The number of amides is 2. The van der Waals surface area contributed by atoms with Crippen LogP contribution in [0, 0.1) is 0 Å². The molecule has 0 unspecified atom stereocenters. The zero-order valence-electron chi connectivity index (χ0n) is 4.85. The third-order valence-electron chi connectivity index (χ3n) is 0.598. The molecule has 4 heteroatoms. The van der Waals surface area contributed by atoms with Crippen LogP contribution in [-0.2, 0) is 0 Å². The summed E-state index contributed by atoms with van der Waals surface area (Å²) in [5, 5.41) is 2.36. The van der Waals surface area contributed by atoms with E-state index in [2.05, 4.69) is 5.32 Å². The van der Waals surface area contributed by atoms with E-state index in [-0.39, 0.29) is 6.04 Å². The highest BCUT2D eigenvalue weighted by molar-refractivity contribution is 5.71. The Labute approximate surface area is 48.2 Å². The Balaban J connectivity index is 3.05. The second-order valence-corrected chi connectivity index (χ2v) is 1.72. The zero-order valence-corrected chi connectivity index (χ0v) is 4.85. The molecule has 1 atom stereocenters. The Morgan fingerprint density at radius 1 is 1.88 bits per heavy atom. The molecule has 0 radical (unpaired) electrons. The van der Waals surface area contributed by atoms with Gasteiger partial charge in [0.05, 0.1) is 0 Å². The molecule has 0 aromatic rings. The van der Waals surface area contributed by atoms with Crippen LogP contribution in [0.1, 0.15) is 6.92 Å². The summed E-state index contributed by atoms with van der Waals surface area (Å²) in [5.74, 6) is 0. The number of carbonyl (C=O) groups is 1. The molecule has 0 aliphatic rings. The first kappa shape index (κ1) is 7.23. The smallest absolute Gasteiger partial charge is 0.312 e. The van der Waals surface area contributed by atoms with Gasteiger partial charge in [-0.3, -0.25) is 0 Å².